The van der Waals surface area contributed by atoms with Gasteiger partial charge in [-0.05, 0) is 39.7 Å². The van der Waals surface area contributed by atoms with E-state index < -0.39 is 0 Å². The molecule has 2 rings (SSSR count). The van der Waals surface area contributed by atoms with E-state index in [9.17, 15) is 0 Å². The summed E-state index contributed by atoms with van der Waals surface area (Å²) in [6, 6.07) is 5.42. The Bertz CT molecular complexity index is 472. The molecule has 0 amide bonds. The molecule has 6 heteroatoms. The van der Waals surface area contributed by atoms with Crippen molar-refractivity contribution >= 4 is 39.1 Å². The molecule has 0 saturated heterocycles. The van der Waals surface area contributed by atoms with Crippen LogP contribution in [0.5, 0.6) is 0 Å². The molecular formula is C8H3BrCl2N2O. The van der Waals surface area contributed by atoms with Crippen molar-refractivity contribution in [1.82, 2.24) is 10.2 Å². The van der Waals surface area contributed by atoms with Gasteiger partial charge < -0.3 is 4.42 Å². The van der Waals surface area contributed by atoms with E-state index in [1.165, 1.54) is 0 Å². The first-order valence-corrected chi connectivity index (χ1v) is 5.17. The second kappa shape index (κ2) is 3.88. The molecule has 14 heavy (non-hydrogen) atoms. The summed E-state index contributed by atoms with van der Waals surface area (Å²) in [5.41, 5.74) is 0.653. The van der Waals surface area contributed by atoms with Gasteiger partial charge in [0, 0.05) is 4.47 Å². The Balaban J connectivity index is 2.57. The number of hydrogen-bond acceptors (Lipinski definition) is 3. The largest absolute Gasteiger partial charge is 0.407 e. The lowest BCUT2D eigenvalue weighted by Gasteiger charge is -1.99. The van der Waals surface area contributed by atoms with E-state index in [1.54, 1.807) is 6.07 Å². The summed E-state index contributed by atoms with van der Waals surface area (Å²) in [4.78, 5) is 0. The third-order valence-corrected chi connectivity index (χ3v) is 3.03. The Morgan fingerprint density at radius 1 is 1.21 bits per heavy atom. The van der Waals surface area contributed by atoms with E-state index >= 15 is 0 Å². The Hall–Kier alpha value is -0.580. The SMILES string of the molecule is Clc1nnc(-c2cccc(Br)c2Cl)o1. The molecule has 0 saturated carbocycles. The van der Waals surface area contributed by atoms with Crippen molar-refractivity contribution in [3.05, 3.63) is 33.0 Å². The molecule has 0 aliphatic carbocycles. The molecule has 0 aliphatic rings. The van der Waals surface area contributed by atoms with Crippen molar-refractivity contribution in [2.24, 2.45) is 0 Å². The molecular weight excluding hydrogens is 291 g/mol. The number of aromatic nitrogens is 2. The first kappa shape index (κ1) is 9.96. The van der Waals surface area contributed by atoms with Crippen molar-refractivity contribution in [3.8, 4) is 11.5 Å². The van der Waals surface area contributed by atoms with Crippen molar-refractivity contribution < 1.29 is 4.42 Å². The van der Waals surface area contributed by atoms with Crippen LogP contribution >= 0.6 is 39.1 Å². The van der Waals surface area contributed by atoms with Gasteiger partial charge in [-0.2, -0.15) is 0 Å². The molecule has 0 fully saturated rings. The van der Waals surface area contributed by atoms with Crippen LogP contribution in [0.2, 0.25) is 10.4 Å². The maximum absolute atomic E-state index is 6.02. The van der Waals surface area contributed by atoms with Gasteiger partial charge in [0.05, 0.1) is 10.6 Å². The molecule has 0 bridgehead atoms. The van der Waals surface area contributed by atoms with Gasteiger partial charge in [0.25, 0.3) is 5.89 Å². The summed E-state index contributed by atoms with van der Waals surface area (Å²) in [5, 5.41) is 7.79. The average molecular weight is 294 g/mol. The highest BCUT2D eigenvalue weighted by atomic mass is 79.9. The summed E-state index contributed by atoms with van der Waals surface area (Å²) in [6.45, 7) is 0. The van der Waals surface area contributed by atoms with Crippen LogP contribution in [0.25, 0.3) is 11.5 Å². The van der Waals surface area contributed by atoms with Gasteiger partial charge in [0.2, 0.25) is 0 Å². The van der Waals surface area contributed by atoms with E-state index in [-0.39, 0.29) is 5.35 Å². The Morgan fingerprint density at radius 2 is 2.00 bits per heavy atom. The predicted octanol–water partition coefficient (Wildman–Crippen LogP) is 3.81. The molecule has 0 radical (unpaired) electrons. The first-order chi connectivity index (χ1) is 6.68. The molecule has 0 N–H and O–H groups in total. The number of rotatable bonds is 1. The summed E-state index contributed by atoms with van der Waals surface area (Å²) >= 11 is 14.8. The van der Waals surface area contributed by atoms with Crippen molar-refractivity contribution in [3.63, 3.8) is 0 Å². The number of nitrogens with zero attached hydrogens (tertiary/aromatic N) is 2. The number of halogens is 3. The van der Waals surface area contributed by atoms with Crippen LogP contribution in [0, 0.1) is 0 Å². The lowest BCUT2D eigenvalue weighted by Crippen LogP contribution is -1.80. The van der Waals surface area contributed by atoms with Crippen molar-refractivity contribution in [2.45, 2.75) is 0 Å². The van der Waals surface area contributed by atoms with E-state index in [4.69, 9.17) is 27.6 Å². The van der Waals surface area contributed by atoms with Gasteiger partial charge in [-0.15, -0.1) is 5.10 Å². The molecule has 1 heterocycles. The minimum absolute atomic E-state index is 0.00366. The molecule has 0 aliphatic heterocycles. The topological polar surface area (TPSA) is 38.9 Å². The predicted molar refractivity (Wildman–Crippen MR) is 57.5 cm³/mol. The van der Waals surface area contributed by atoms with Gasteiger partial charge in [-0.25, -0.2) is 0 Å². The lowest BCUT2D eigenvalue weighted by molar-refractivity contribution is 0.571. The Kier molecular flexibility index (Phi) is 2.76. The van der Waals surface area contributed by atoms with Crippen LogP contribution in [-0.4, -0.2) is 10.2 Å². The van der Waals surface area contributed by atoms with Gasteiger partial charge in [0.1, 0.15) is 0 Å². The van der Waals surface area contributed by atoms with Gasteiger partial charge >= 0.3 is 5.35 Å². The minimum atomic E-state index is -0.00366. The highest BCUT2D eigenvalue weighted by Crippen LogP contribution is 2.33. The highest BCUT2D eigenvalue weighted by molar-refractivity contribution is 9.10. The van der Waals surface area contributed by atoms with Crippen LogP contribution in [0.1, 0.15) is 0 Å². The van der Waals surface area contributed by atoms with Crippen LogP contribution < -0.4 is 0 Å². The second-order valence-corrected chi connectivity index (χ2v) is 4.02. The second-order valence-electron chi connectivity index (χ2n) is 2.46. The monoisotopic (exact) mass is 292 g/mol. The highest BCUT2D eigenvalue weighted by Gasteiger charge is 2.12. The normalized spacial score (nSPS) is 10.5. The van der Waals surface area contributed by atoms with Gasteiger partial charge in [-0.1, -0.05) is 22.8 Å². The van der Waals surface area contributed by atoms with Crippen LogP contribution in [0.4, 0.5) is 0 Å². The fourth-order valence-electron chi connectivity index (χ4n) is 0.983. The molecule has 2 aromatic rings. The molecule has 1 aromatic heterocycles. The third kappa shape index (κ3) is 1.78. The fourth-order valence-corrected chi connectivity index (χ4v) is 1.67. The molecule has 0 unspecified atom stereocenters. The zero-order valence-electron chi connectivity index (χ0n) is 6.67. The zero-order chi connectivity index (χ0) is 10.1. The van der Waals surface area contributed by atoms with Crippen LogP contribution in [0.15, 0.2) is 27.1 Å². The minimum Gasteiger partial charge on any atom is -0.407 e. The average Bonchev–Trinajstić information content (AvgIpc) is 2.57. The first-order valence-electron chi connectivity index (χ1n) is 3.62. The lowest BCUT2D eigenvalue weighted by atomic mass is 10.2. The summed E-state index contributed by atoms with van der Waals surface area (Å²) in [6.07, 6.45) is 0. The van der Waals surface area contributed by atoms with Crippen LogP contribution in [0.3, 0.4) is 0 Å². The Labute approximate surface area is 98.2 Å². The van der Waals surface area contributed by atoms with Gasteiger partial charge in [0.15, 0.2) is 0 Å². The third-order valence-electron chi connectivity index (χ3n) is 1.58. The maximum atomic E-state index is 6.02. The molecule has 72 valence electrons. The summed E-state index contributed by atoms with van der Waals surface area (Å²) < 4.78 is 5.81. The zero-order valence-corrected chi connectivity index (χ0v) is 9.77. The molecule has 1 aromatic carbocycles. The Morgan fingerprint density at radius 3 is 2.64 bits per heavy atom. The summed E-state index contributed by atoms with van der Waals surface area (Å²) in [5.74, 6) is 0.307. The standard InChI is InChI=1S/C8H3BrCl2N2O/c9-5-3-1-2-4(6(5)10)7-12-13-8(11)14-7/h1-3H. The number of hydrogen-bond donors (Lipinski definition) is 0. The van der Waals surface area contributed by atoms with E-state index in [1.807, 2.05) is 12.1 Å². The summed E-state index contributed by atoms with van der Waals surface area (Å²) in [7, 11) is 0. The molecule has 3 nitrogen and oxygen atoms in total. The fraction of sp³-hybridized carbons (Fsp3) is 0. The smallest absolute Gasteiger partial charge is 0.313 e. The van der Waals surface area contributed by atoms with Crippen molar-refractivity contribution in [2.75, 3.05) is 0 Å². The van der Waals surface area contributed by atoms with E-state index in [0.717, 1.165) is 4.47 Å². The molecule has 0 spiro atoms. The van der Waals surface area contributed by atoms with Gasteiger partial charge in [-0.3, -0.25) is 0 Å². The maximum Gasteiger partial charge on any atom is 0.313 e. The quantitative estimate of drug-likeness (QED) is 0.802. The van der Waals surface area contributed by atoms with Crippen LogP contribution in [-0.2, 0) is 0 Å². The van der Waals surface area contributed by atoms with E-state index in [0.29, 0.717) is 16.5 Å². The van der Waals surface area contributed by atoms with Crippen molar-refractivity contribution in [1.29, 1.82) is 0 Å². The number of benzene rings is 1. The van der Waals surface area contributed by atoms with E-state index in [2.05, 4.69) is 26.1 Å². The molecule has 0 atom stereocenters.